The fourth-order valence-corrected chi connectivity index (χ4v) is 1.28. The van der Waals surface area contributed by atoms with Crippen LogP contribution >= 0.6 is 12.2 Å². The molecule has 4 heteroatoms. The van der Waals surface area contributed by atoms with Gasteiger partial charge in [-0.1, -0.05) is 30.4 Å². The summed E-state index contributed by atoms with van der Waals surface area (Å²) in [6.07, 6.45) is 4.47. The molecule has 0 saturated carbocycles. The Labute approximate surface area is 94.6 Å². The molecular weight excluding hydrogens is 208 g/mol. The number of benzene rings is 1. The van der Waals surface area contributed by atoms with E-state index in [2.05, 4.69) is 5.32 Å². The molecular formula is C11H14N2OS. The molecule has 0 aliphatic rings. The zero-order valence-electron chi connectivity index (χ0n) is 8.31. The number of nitrogens with two attached hydrogens (primary N) is 1. The Morgan fingerprint density at radius 2 is 2.20 bits per heavy atom. The van der Waals surface area contributed by atoms with Crippen LogP contribution in [-0.2, 0) is 0 Å². The summed E-state index contributed by atoms with van der Waals surface area (Å²) in [6.45, 7) is 0.154. The van der Waals surface area contributed by atoms with Crippen molar-refractivity contribution in [3.63, 3.8) is 0 Å². The van der Waals surface area contributed by atoms with E-state index in [0.717, 1.165) is 11.3 Å². The van der Waals surface area contributed by atoms with Crippen molar-refractivity contribution in [2.45, 2.75) is 6.42 Å². The molecule has 0 heterocycles. The Kier molecular flexibility index (Phi) is 4.80. The molecule has 0 atom stereocenters. The van der Waals surface area contributed by atoms with E-state index in [-0.39, 0.29) is 11.7 Å². The van der Waals surface area contributed by atoms with Gasteiger partial charge in [-0.2, -0.15) is 0 Å². The number of hydrogen-bond donors (Lipinski definition) is 3. The van der Waals surface area contributed by atoms with Crippen LogP contribution in [0.25, 0.3) is 6.08 Å². The van der Waals surface area contributed by atoms with E-state index in [9.17, 15) is 0 Å². The fraction of sp³-hybridized carbons (Fsp3) is 0.182. The highest BCUT2D eigenvalue weighted by atomic mass is 32.1. The molecule has 0 aliphatic carbocycles. The molecule has 0 unspecified atom stereocenters. The van der Waals surface area contributed by atoms with Crippen LogP contribution in [0.1, 0.15) is 12.0 Å². The van der Waals surface area contributed by atoms with E-state index in [4.69, 9.17) is 23.1 Å². The normalized spacial score (nSPS) is 10.5. The SMILES string of the molecule is NC(=S)Nc1ccccc1C=CCCO. The van der Waals surface area contributed by atoms with E-state index in [1.165, 1.54) is 0 Å². The topological polar surface area (TPSA) is 58.3 Å². The average Bonchev–Trinajstić information content (AvgIpc) is 2.20. The van der Waals surface area contributed by atoms with E-state index >= 15 is 0 Å². The van der Waals surface area contributed by atoms with E-state index in [1.54, 1.807) is 0 Å². The highest BCUT2D eigenvalue weighted by Gasteiger charge is 1.97. The zero-order chi connectivity index (χ0) is 11.1. The third-order valence-electron chi connectivity index (χ3n) is 1.81. The largest absolute Gasteiger partial charge is 0.396 e. The Morgan fingerprint density at radius 3 is 2.87 bits per heavy atom. The second-order valence-corrected chi connectivity index (χ2v) is 3.43. The van der Waals surface area contributed by atoms with Crippen molar-refractivity contribution in [1.82, 2.24) is 0 Å². The third kappa shape index (κ3) is 4.10. The monoisotopic (exact) mass is 222 g/mol. The number of thiocarbonyl (C=S) groups is 1. The lowest BCUT2D eigenvalue weighted by molar-refractivity contribution is 0.303. The predicted octanol–water partition coefficient (Wildman–Crippen LogP) is 1.74. The first-order valence-electron chi connectivity index (χ1n) is 4.67. The summed E-state index contributed by atoms with van der Waals surface area (Å²) < 4.78 is 0. The van der Waals surface area contributed by atoms with Crippen molar-refractivity contribution < 1.29 is 5.11 Å². The van der Waals surface area contributed by atoms with Gasteiger partial charge in [-0.15, -0.1) is 0 Å². The number of rotatable bonds is 4. The zero-order valence-corrected chi connectivity index (χ0v) is 9.13. The molecule has 0 bridgehead atoms. The maximum Gasteiger partial charge on any atom is 0.168 e. The molecule has 0 radical (unpaired) electrons. The van der Waals surface area contributed by atoms with Crippen LogP contribution in [-0.4, -0.2) is 16.8 Å². The van der Waals surface area contributed by atoms with Gasteiger partial charge in [0.25, 0.3) is 0 Å². The molecule has 0 spiro atoms. The van der Waals surface area contributed by atoms with Crippen LogP contribution < -0.4 is 11.1 Å². The first-order chi connectivity index (χ1) is 7.24. The number of para-hydroxylation sites is 1. The van der Waals surface area contributed by atoms with Crippen LogP contribution in [0.4, 0.5) is 5.69 Å². The van der Waals surface area contributed by atoms with Crippen LogP contribution in [0.3, 0.4) is 0 Å². The van der Waals surface area contributed by atoms with Gasteiger partial charge in [-0.25, -0.2) is 0 Å². The summed E-state index contributed by atoms with van der Waals surface area (Å²) in [6, 6.07) is 7.69. The predicted molar refractivity (Wildman–Crippen MR) is 67.6 cm³/mol. The summed E-state index contributed by atoms with van der Waals surface area (Å²) in [5, 5.41) is 11.8. The van der Waals surface area contributed by atoms with Gasteiger partial charge in [0.1, 0.15) is 0 Å². The molecule has 4 N–H and O–H groups in total. The Morgan fingerprint density at radius 1 is 1.47 bits per heavy atom. The highest BCUT2D eigenvalue weighted by Crippen LogP contribution is 2.16. The second-order valence-electron chi connectivity index (χ2n) is 2.99. The highest BCUT2D eigenvalue weighted by molar-refractivity contribution is 7.80. The van der Waals surface area contributed by atoms with Crippen molar-refractivity contribution in [3.8, 4) is 0 Å². The summed E-state index contributed by atoms with van der Waals surface area (Å²) >= 11 is 4.78. The van der Waals surface area contributed by atoms with Crippen molar-refractivity contribution >= 4 is 29.1 Å². The average molecular weight is 222 g/mol. The minimum Gasteiger partial charge on any atom is -0.396 e. The standard InChI is InChI=1S/C11H14N2OS/c12-11(15)13-10-7-2-1-5-9(10)6-3-4-8-14/h1-3,5-7,14H,4,8H2,(H3,12,13,15). The van der Waals surface area contributed by atoms with Gasteiger partial charge in [0.05, 0.1) is 0 Å². The maximum absolute atomic E-state index is 8.65. The van der Waals surface area contributed by atoms with Gasteiger partial charge in [-0.3, -0.25) is 0 Å². The van der Waals surface area contributed by atoms with E-state index in [1.807, 2.05) is 36.4 Å². The Balaban J connectivity index is 2.81. The van der Waals surface area contributed by atoms with Crippen LogP contribution in [0.2, 0.25) is 0 Å². The smallest absolute Gasteiger partial charge is 0.168 e. The molecule has 0 fully saturated rings. The minimum absolute atomic E-state index is 0.154. The van der Waals surface area contributed by atoms with Crippen molar-refractivity contribution in [1.29, 1.82) is 0 Å². The van der Waals surface area contributed by atoms with Gasteiger partial charge in [0.2, 0.25) is 0 Å². The third-order valence-corrected chi connectivity index (χ3v) is 1.91. The molecule has 0 aliphatic heterocycles. The van der Waals surface area contributed by atoms with Crippen molar-refractivity contribution in [2.24, 2.45) is 5.73 Å². The van der Waals surface area contributed by atoms with E-state index in [0.29, 0.717) is 6.42 Å². The van der Waals surface area contributed by atoms with Gasteiger partial charge >= 0.3 is 0 Å². The van der Waals surface area contributed by atoms with Gasteiger partial charge in [0.15, 0.2) is 5.11 Å². The van der Waals surface area contributed by atoms with E-state index < -0.39 is 0 Å². The van der Waals surface area contributed by atoms with Crippen LogP contribution in [0, 0.1) is 0 Å². The first kappa shape index (κ1) is 11.7. The summed E-state index contributed by atoms with van der Waals surface area (Å²) in [5.41, 5.74) is 7.28. The van der Waals surface area contributed by atoms with Crippen LogP contribution in [0.5, 0.6) is 0 Å². The van der Waals surface area contributed by atoms with Crippen LogP contribution in [0.15, 0.2) is 30.3 Å². The first-order valence-corrected chi connectivity index (χ1v) is 5.07. The number of anilines is 1. The molecule has 3 nitrogen and oxygen atoms in total. The summed E-state index contributed by atoms with van der Waals surface area (Å²) in [5.74, 6) is 0. The van der Waals surface area contributed by atoms with Gasteiger partial charge in [-0.05, 0) is 30.3 Å². The lowest BCUT2D eigenvalue weighted by atomic mass is 10.1. The number of hydrogen-bond acceptors (Lipinski definition) is 2. The molecule has 1 aromatic carbocycles. The Hall–Kier alpha value is -1.39. The Bertz CT molecular complexity index is 363. The van der Waals surface area contributed by atoms with Gasteiger partial charge < -0.3 is 16.2 Å². The lowest BCUT2D eigenvalue weighted by Crippen LogP contribution is -2.19. The van der Waals surface area contributed by atoms with Crippen molar-refractivity contribution in [3.05, 3.63) is 35.9 Å². The molecule has 0 amide bonds. The molecule has 0 saturated heterocycles. The number of nitrogens with one attached hydrogen (secondary N) is 1. The summed E-state index contributed by atoms with van der Waals surface area (Å²) in [4.78, 5) is 0. The molecule has 1 aromatic rings. The lowest BCUT2D eigenvalue weighted by Gasteiger charge is -2.06. The quantitative estimate of drug-likeness (QED) is 0.679. The summed E-state index contributed by atoms with van der Waals surface area (Å²) in [7, 11) is 0. The molecule has 1 rings (SSSR count). The van der Waals surface area contributed by atoms with Crippen molar-refractivity contribution in [2.75, 3.05) is 11.9 Å². The number of aliphatic hydroxyl groups is 1. The molecule has 80 valence electrons. The van der Waals surface area contributed by atoms with Gasteiger partial charge in [0, 0.05) is 12.3 Å². The minimum atomic E-state index is 0.154. The fourth-order valence-electron chi connectivity index (χ4n) is 1.17. The second kappa shape index (κ2) is 6.16. The molecule has 15 heavy (non-hydrogen) atoms. The maximum atomic E-state index is 8.65. The molecule has 0 aromatic heterocycles. The number of aliphatic hydroxyl groups excluding tert-OH is 1.